The Kier molecular flexibility index (Phi) is 4.68. The van der Waals surface area contributed by atoms with Crippen LogP contribution in [0.1, 0.15) is 27.4 Å². The molecule has 0 aliphatic rings. The monoisotopic (exact) mass is 330 g/mol. The maximum atomic E-state index is 9.02. The first-order chi connectivity index (χ1) is 11.2. The lowest BCUT2D eigenvalue weighted by Gasteiger charge is -2.04. The molecule has 23 heavy (non-hydrogen) atoms. The van der Waals surface area contributed by atoms with E-state index in [0.717, 1.165) is 22.7 Å². The van der Waals surface area contributed by atoms with Crippen LogP contribution in [-0.2, 0) is 19.8 Å². The smallest absolute Gasteiger partial charge is 0.134 e. The molecule has 3 rings (SSSR count). The molecule has 0 unspecified atom stereocenters. The van der Waals surface area contributed by atoms with Crippen LogP contribution in [0.25, 0.3) is 0 Å². The Morgan fingerprint density at radius 2 is 2.00 bits per heavy atom. The molecule has 0 saturated heterocycles. The summed E-state index contributed by atoms with van der Waals surface area (Å²) in [6, 6.07) is 7.34. The van der Waals surface area contributed by atoms with E-state index in [1.165, 1.54) is 22.0 Å². The minimum atomic E-state index is 0.0326. The van der Waals surface area contributed by atoms with Gasteiger partial charge in [-0.25, -0.2) is 4.68 Å². The molecule has 6 nitrogen and oxygen atoms in total. The molecule has 2 heterocycles. The summed E-state index contributed by atoms with van der Waals surface area (Å²) in [7, 11) is 0. The summed E-state index contributed by atoms with van der Waals surface area (Å²) in [5.41, 5.74) is 3.88. The Hall–Kier alpha value is -2.25. The zero-order chi connectivity index (χ0) is 16.2. The van der Waals surface area contributed by atoms with E-state index in [0.29, 0.717) is 13.2 Å². The maximum Gasteiger partial charge on any atom is 0.134 e. The second-order valence-corrected chi connectivity index (χ2v) is 6.28. The van der Waals surface area contributed by atoms with Crippen molar-refractivity contribution in [3.8, 4) is 5.75 Å². The number of hydrogen-bond acceptors (Lipinski definition) is 6. The normalized spacial score (nSPS) is 10.9. The van der Waals surface area contributed by atoms with Crippen LogP contribution in [0.15, 0.2) is 30.5 Å². The zero-order valence-corrected chi connectivity index (χ0v) is 13.9. The summed E-state index contributed by atoms with van der Waals surface area (Å²) in [6.45, 7) is 5.14. The number of benzene rings is 1. The number of rotatable bonds is 6. The number of aliphatic hydroxyl groups excluding tert-OH is 1. The molecule has 0 radical (unpaired) electrons. The second kappa shape index (κ2) is 6.89. The molecule has 120 valence electrons. The van der Waals surface area contributed by atoms with Crippen molar-refractivity contribution in [3.05, 3.63) is 57.9 Å². The molecular formula is C16H18N4O2S. The summed E-state index contributed by atoms with van der Waals surface area (Å²) in [4.78, 5) is 1.21. The van der Waals surface area contributed by atoms with Crippen LogP contribution < -0.4 is 4.74 Å². The van der Waals surface area contributed by atoms with Crippen molar-refractivity contribution in [2.75, 3.05) is 0 Å². The first kappa shape index (κ1) is 15.6. The Bertz CT molecular complexity index is 760. The average molecular weight is 330 g/mol. The third kappa shape index (κ3) is 3.75. The van der Waals surface area contributed by atoms with Crippen molar-refractivity contribution < 1.29 is 9.84 Å². The molecule has 0 saturated carbocycles. The molecule has 0 aliphatic heterocycles. The van der Waals surface area contributed by atoms with E-state index >= 15 is 0 Å². The molecular weight excluding hydrogens is 312 g/mol. The van der Waals surface area contributed by atoms with Gasteiger partial charge in [-0.1, -0.05) is 17.3 Å². The Morgan fingerprint density at radius 3 is 2.65 bits per heavy atom. The highest BCUT2D eigenvalue weighted by Gasteiger charge is 2.09. The van der Waals surface area contributed by atoms with Crippen molar-refractivity contribution in [1.82, 2.24) is 19.4 Å². The molecule has 1 N–H and O–H groups in total. The van der Waals surface area contributed by atoms with Crippen LogP contribution in [0.4, 0.5) is 0 Å². The van der Waals surface area contributed by atoms with Gasteiger partial charge in [0.25, 0.3) is 0 Å². The van der Waals surface area contributed by atoms with Crippen molar-refractivity contribution in [2.45, 2.75) is 33.6 Å². The largest absolute Gasteiger partial charge is 0.487 e. The fraction of sp³-hybridized carbons (Fsp3) is 0.312. The molecule has 7 heteroatoms. The zero-order valence-electron chi connectivity index (χ0n) is 13.1. The lowest BCUT2D eigenvalue weighted by Crippen LogP contribution is -2.02. The second-order valence-electron chi connectivity index (χ2n) is 5.30. The summed E-state index contributed by atoms with van der Waals surface area (Å²) in [5.74, 6) is 0.741. The van der Waals surface area contributed by atoms with Crippen LogP contribution in [0.5, 0.6) is 5.75 Å². The highest BCUT2D eigenvalue weighted by molar-refractivity contribution is 7.05. The topological polar surface area (TPSA) is 73.1 Å². The number of aliphatic hydroxyl groups is 1. The van der Waals surface area contributed by atoms with Gasteiger partial charge in [0, 0.05) is 10.4 Å². The van der Waals surface area contributed by atoms with Crippen molar-refractivity contribution in [1.29, 1.82) is 0 Å². The van der Waals surface area contributed by atoms with Crippen molar-refractivity contribution >= 4 is 11.5 Å². The average Bonchev–Trinajstić information content (AvgIpc) is 3.15. The third-order valence-electron chi connectivity index (χ3n) is 3.58. The third-order valence-corrected chi connectivity index (χ3v) is 4.47. The van der Waals surface area contributed by atoms with E-state index in [2.05, 4.69) is 21.6 Å². The molecule has 1 aromatic carbocycles. The predicted octanol–water partition coefficient (Wildman–Crippen LogP) is 2.47. The van der Waals surface area contributed by atoms with Crippen LogP contribution in [-0.4, -0.2) is 24.5 Å². The van der Waals surface area contributed by atoms with Crippen molar-refractivity contribution in [3.63, 3.8) is 0 Å². The predicted molar refractivity (Wildman–Crippen MR) is 87.4 cm³/mol. The molecule has 0 spiro atoms. The van der Waals surface area contributed by atoms with Gasteiger partial charge in [0.1, 0.15) is 18.1 Å². The Morgan fingerprint density at radius 1 is 1.22 bits per heavy atom. The van der Waals surface area contributed by atoms with Gasteiger partial charge in [0.05, 0.1) is 25.0 Å². The molecule has 0 atom stereocenters. The number of aryl methyl sites for hydroxylation is 2. The summed E-state index contributed by atoms with van der Waals surface area (Å²) < 4.78 is 11.8. The fourth-order valence-corrected chi connectivity index (χ4v) is 2.93. The summed E-state index contributed by atoms with van der Waals surface area (Å²) >= 11 is 1.51. The molecule has 0 bridgehead atoms. The van der Waals surface area contributed by atoms with Gasteiger partial charge in [0.2, 0.25) is 0 Å². The highest BCUT2D eigenvalue weighted by atomic mass is 32.1. The van der Waals surface area contributed by atoms with E-state index in [1.807, 2.05) is 37.4 Å². The first-order valence-corrected chi connectivity index (χ1v) is 8.06. The van der Waals surface area contributed by atoms with Crippen LogP contribution in [0.3, 0.4) is 0 Å². The lowest BCUT2D eigenvalue weighted by atomic mass is 10.2. The standard InChI is InChI=1S/C16H18N4O2S/c1-11-16(12(2)23-18-11)8-20-7-14(17-19-20)10-22-15-5-3-13(9-21)4-6-15/h3-7,21H,8-10H2,1-2H3. The van der Waals surface area contributed by atoms with Gasteiger partial charge >= 0.3 is 0 Å². The van der Waals surface area contributed by atoms with E-state index < -0.39 is 0 Å². The van der Waals surface area contributed by atoms with Gasteiger partial charge in [-0.05, 0) is 43.1 Å². The molecule has 3 aromatic rings. The first-order valence-electron chi connectivity index (χ1n) is 7.29. The van der Waals surface area contributed by atoms with E-state index in [1.54, 1.807) is 4.68 Å². The highest BCUT2D eigenvalue weighted by Crippen LogP contribution is 2.18. The van der Waals surface area contributed by atoms with Gasteiger partial charge in [0.15, 0.2) is 0 Å². The minimum absolute atomic E-state index is 0.0326. The minimum Gasteiger partial charge on any atom is -0.487 e. The van der Waals surface area contributed by atoms with Gasteiger partial charge in [-0.15, -0.1) is 5.10 Å². The number of nitrogens with zero attached hydrogens (tertiary/aromatic N) is 4. The molecule has 2 aromatic heterocycles. The van der Waals surface area contributed by atoms with Gasteiger partial charge < -0.3 is 9.84 Å². The molecule has 0 fully saturated rings. The van der Waals surface area contributed by atoms with Crippen LogP contribution in [0, 0.1) is 13.8 Å². The maximum absolute atomic E-state index is 9.02. The van der Waals surface area contributed by atoms with Gasteiger partial charge in [-0.3, -0.25) is 0 Å². The fourth-order valence-electron chi connectivity index (χ4n) is 2.22. The van der Waals surface area contributed by atoms with E-state index in [9.17, 15) is 0 Å². The lowest BCUT2D eigenvalue weighted by molar-refractivity contribution is 0.280. The molecule has 0 amide bonds. The van der Waals surface area contributed by atoms with E-state index in [4.69, 9.17) is 9.84 Å². The molecule has 0 aliphatic carbocycles. The van der Waals surface area contributed by atoms with Gasteiger partial charge in [-0.2, -0.15) is 4.37 Å². The number of ether oxygens (including phenoxy) is 1. The summed E-state index contributed by atoms with van der Waals surface area (Å²) in [6.07, 6.45) is 1.89. The Labute approximate surface area is 138 Å². The SMILES string of the molecule is Cc1nsc(C)c1Cn1cc(COc2ccc(CO)cc2)nn1. The van der Waals surface area contributed by atoms with Crippen molar-refractivity contribution in [2.24, 2.45) is 0 Å². The number of aromatic nitrogens is 4. The Balaban J connectivity index is 1.60. The number of hydrogen-bond donors (Lipinski definition) is 1. The van der Waals surface area contributed by atoms with Crippen LogP contribution in [0.2, 0.25) is 0 Å². The quantitative estimate of drug-likeness (QED) is 0.751. The summed E-state index contributed by atoms with van der Waals surface area (Å²) in [5, 5.41) is 17.3. The van der Waals surface area contributed by atoms with Crippen LogP contribution >= 0.6 is 11.5 Å². The van der Waals surface area contributed by atoms with E-state index in [-0.39, 0.29) is 6.61 Å².